The maximum absolute atomic E-state index is 14.8. The number of carbonyl (C=O) groups excluding carboxylic acids is 1. The fourth-order valence-electron chi connectivity index (χ4n) is 5.42. The largest absolute Gasteiger partial charge is 0.491 e. The summed E-state index contributed by atoms with van der Waals surface area (Å²) in [6.07, 6.45) is -10.5. The first-order valence-electron chi connectivity index (χ1n) is 15.9. The Hall–Kier alpha value is -2.86. The topological polar surface area (TPSA) is 88.0 Å². The van der Waals surface area contributed by atoms with E-state index in [4.69, 9.17) is 14.4 Å². The molecule has 2 atom stereocenters. The van der Waals surface area contributed by atoms with Crippen molar-refractivity contribution in [2.45, 2.75) is 119 Å². The zero-order valence-corrected chi connectivity index (χ0v) is 30.6. The lowest BCUT2D eigenvalue weighted by Crippen LogP contribution is -2.74. The van der Waals surface area contributed by atoms with Gasteiger partial charge in [0.25, 0.3) is 5.91 Å². The van der Waals surface area contributed by atoms with Crippen LogP contribution in [0.4, 0.5) is 74.6 Å². The van der Waals surface area contributed by atoms with E-state index in [1.54, 1.807) is 6.92 Å². The van der Waals surface area contributed by atoms with E-state index in [0.717, 1.165) is 6.08 Å². The number of hydrogen-bond donors (Lipinski definition) is 3. The second-order valence-electron chi connectivity index (χ2n) is 13.3. The number of aliphatic hydroxyl groups is 1. The molecule has 1 rings (SSSR count). The van der Waals surface area contributed by atoms with Crippen molar-refractivity contribution in [2.75, 3.05) is 13.2 Å². The number of hydroxylamine groups is 1. The van der Waals surface area contributed by atoms with Gasteiger partial charge >= 0.3 is 47.6 Å². The van der Waals surface area contributed by atoms with Crippen LogP contribution < -0.4 is 10.2 Å². The van der Waals surface area contributed by atoms with E-state index in [0.29, 0.717) is 11.1 Å². The summed E-state index contributed by atoms with van der Waals surface area (Å²) in [5.41, 5.74) is 0.409. The molecule has 0 aromatic heterocycles. The van der Waals surface area contributed by atoms with Crippen LogP contribution in [0.3, 0.4) is 0 Å². The van der Waals surface area contributed by atoms with E-state index >= 15 is 0 Å². The van der Waals surface area contributed by atoms with Gasteiger partial charge in [-0.1, -0.05) is 52.3 Å². The van der Waals surface area contributed by atoms with Crippen molar-refractivity contribution in [3.8, 4) is 5.75 Å². The molecule has 0 aliphatic carbocycles. The van der Waals surface area contributed by atoms with Gasteiger partial charge < -0.3 is 14.3 Å². The van der Waals surface area contributed by atoms with E-state index < -0.39 is 111 Å². The fraction of sp³-hybridized carbons (Fsp3) is 0.710. The molecular formula is C31H38F17NO5Si. The molecule has 6 nitrogen and oxygen atoms in total. The van der Waals surface area contributed by atoms with Crippen molar-refractivity contribution < 1.29 is 98.9 Å². The third-order valence-corrected chi connectivity index (χ3v) is 14.9. The van der Waals surface area contributed by atoms with Gasteiger partial charge in [0.05, 0.1) is 12.7 Å². The van der Waals surface area contributed by atoms with Crippen LogP contribution in [0.1, 0.15) is 59.6 Å². The highest BCUT2D eigenvalue weighted by Crippen LogP contribution is 2.64. The predicted molar refractivity (Wildman–Crippen MR) is 162 cm³/mol. The van der Waals surface area contributed by atoms with Crippen molar-refractivity contribution >= 4 is 14.2 Å². The quantitative estimate of drug-likeness (QED) is 0.0304. The minimum absolute atomic E-state index is 0.130. The number of halogens is 17. The minimum atomic E-state index is -8.69. The first-order chi connectivity index (χ1) is 24.5. The zero-order valence-electron chi connectivity index (χ0n) is 29.6. The Balaban J connectivity index is 3.25. The normalized spacial score (nSPS) is 16.1. The standard InChI is InChI=1S/C31H38F17NO5Si/c1-16(2)55(17(3)4,54-13-12-53-21-9-7-20(8-10-21)23(51)19(6)18(5)15-22(50)49-52)14-11-24(32,33)25(34,35)26(36,37)27(38,39)28(40,41)29(42,43)30(44,45)31(46,47)48/h7-10,15-17,19,23,51-52H,11-14H2,1-6H3,(H,49,50)/b18-15+/t19-,23+/m0/s1. The van der Waals surface area contributed by atoms with Gasteiger partial charge in [0.1, 0.15) is 12.4 Å². The number of benzene rings is 1. The van der Waals surface area contributed by atoms with E-state index in [2.05, 4.69) is 0 Å². The average Bonchev–Trinajstić information content (AvgIpc) is 3.05. The van der Waals surface area contributed by atoms with Crippen LogP contribution in [0.5, 0.6) is 5.75 Å². The summed E-state index contributed by atoms with van der Waals surface area (Å²) in [5, 5.41) is 19.3. The van der Waals surface area contributed by atoms with Gasteiger partial charge in [-0.2, -0.15) is 74.6 Å². The minimum Gasteiger partial charge on any atom is -0.491 e. The third kappa shape index (κ3) is 9.31. The molecule has 1 aromatic rings. The van der Waals surface area contributed by atoms with Crippen LogP contribution >= 0.6 is 0 Å². The van der Waals surface area contributed by atoms with E-state index in [1.165, 1.54) is 64.4 Å². The molecule has 24 heteroatoms. The molecule has 3 N–H and O–H groups in total. The molecule has 55 heavy (non-hydrogen) atoms. The lowest BCUT2D eigenvalue weighted by atomic mass is 9.88. The van der Waals surface area contributed by atoms with Crippen molar-refractivity contribution in [2.24, 2.45) is 5.92 Å². The molecule has 0 bridgehead atoms. The van der Waals surface area contributed by atoms with Gasteiger partial charge in [-0.3, -0.25) is 10.0 Å². The third-order valence-electron chi connectivity index (χ3n) is 9.18. The maximum atomic E-state index is 14.8. The second-order valence-corrected chi connectivity index (χ2v) is 18.3. The van der Waals surface area contributed by atoms with Crippen molar-refractivity contribution in [1.82, 2.24) is 5.48 Å². The molecule has 0 heterocycles. The molecule has 1 amide bonds. The van der Waals surface area contributed by atoms with Crippen LogP contribution in [-0.2, 0) is 9.22 Å². The number of aliphatic hydroxyl groups excluding tert-OH is 1. The summed E-state index contributed by atoms with van der Waals surface area (Å²) >= 11 is 0. The number of amides is 1. The molecule has 0 aliphatic rings. The van der Waals surface area contributed by atoms with Gasteiger partial charge in [0.2, 0.25) is 0 Å². The molecule has 320 valence electrons. The smallest absolute Gasteiger partial charge is 0.460 e. The molecule has 1 aromatic carbocycles. The maximum Gasteiger partial charge on any atom is 0.460 e. The highest BCUT2D eigenvalue weighted by Gasteiger charge is 2.95. The molecule has 0 aliphatic heterocycles. The fourth-order valence-corrected chi connectivity index (χ4v) is 9.88. The Morgan fingerprint density at radius 2 is 1.13 bits per heavy atom. The summed E-state index contributed by atoms with van der Waals surface area (Å²) in [7, 11) is -3.96. The Morgan fingerprint density at radius 3 is 1.53 bits per heavy atom. The first-order valence-corrected chi connectivity index (χ1v) is 18.1. The Labute approximate surface area is 304 Å². The zero-order chi connectivity index (χ0) is 43.6. The number of carbonyl (C=O) groups is 1. The Kier molecular flexibility index (Phi) is 15.4. The van der Waals surface area contributed by atoms with Crippen LogP contribution in [0.15, 0.2) is 35.9 Å². The summed E-state index contributed by atoms with van der Waals surface area (Å²) in [6.45, 7) is 7.44. The highest BCUT2D eigenvalue weighted by molar-refractivity contribution is 6.76. The number of alkyl halides is 17. The molecule has 0 radical (unpaired) electrons. The SMILES string of the molecule is C/C(=C\C(=O)NO)[C@H](C)[C@@H](O)c1ccc(OCCO[Si](CCC(F)(F)C(F)(F)C(F)(F)C(F)(F)C(F)(F)C(F)(F)C(F)(F)C(F)(F)F)(C(C)C)C(C)C)cc1. The van der Waals surface area contributed by atoms with Crippen LogP contribution in [0.25, 0.3) is 0 Å². The average molecular weight is 856 g/mol. The van der Waals surface area contributed by atoms with E-state index in [9.17, 15) is 84.5 Å². The molecule has 0 spiro atoms. The Bertz CT molecular complexity index is 1460. The van der Waals surface area contributed by atoms with Gasteiger partial charge in [0.15, 0.2) is 8.32 Å². The molecule has 0 saturated carbocycles. The van der Waals surface area contributed by atoms with Gasteiger partial charge in [-0.15, -0.1) is 0 Å². The summed E-state index contributed by atoms with van der Waals surface area (Å²) in [4.78, 5) is 11.3. The molecule has 0 saturated heterocycles. The lowest BCUT2D eigenvalue weighted by molar-refractivity contribution is -0.461. The van der Waals surface area contributed by atoms with Gasteiger partial charge in [-0.05, 0) is 41.7 Å². The molecular weight excluding hydrogens is 817 g/mol. The van der Waals surface area contributed by atoms with Crippen molar-refractivity contribution in [3.63, 3.8) is 0 Å². The summed E-state index contributed by atoms with van der Waals surface area (Å²) < 4.78 is 245. The van der Waals surface area contributed by atoms with E-state index in [-0.39, 0.29) is 5.75 Å². The monoisotopic (exact) mass is 855 g/mol. The number of rotatable bonds is 20. The van der Waals surface area contributed by atoms with Crippen molar-refractivity contribution in [3.05, 3.63) is 41.5 Å². The van der Waals surface area contributed by atoms with Gasteiger partial charge in [0, 0.05) is 18.4 Å². The summed E-state index contributed by atoms with van der Waals surface area (Å²) in [5.74, 6) is -58.0. The predicted octanol–water partition coefficient (Wildman–Crippen LogP) is 10.4. The molecule has 0 fully saturated rings. The first kappa shape index (κ1) is 50.2. The lowest BCUT2D eigenvalue weighted by Gasteiger charge is -2.44. The van der Waals surface area contributed by atoms with Crippen molar-refractivity contribution in [1.29, 1.82) is 0 Å². The van der Waals surface area contributed by atoms with Crippen LogP contribution in [0, 0.1) is 5.92 Å². The Morgan fingerprint density at radius 1 is 0.709 bits per heavy atom. The van der Waals surface area contributed by atoms with E-state index in [1.807, 2.05) is 0 Å². The van der Waals surface area contributed by atoms with Gasteiger partial charge in [-0.25, -0.2) is 5.48 Å². The molecule has 0 unspecified atom stereocenters. The second kappa shape index (κ2) is 16.9. The number of nitrogens with one attached hydrogen (secondary N) is 1. The summed E-state index contributed by atoms with van der Waals surface area (Å²) in [6, 6.07) is 4.24. The number of hydrogen-bond acceptors (Lipinski definition) is 5. The number of ether oxygens (including phenoxy) is 1. The highest BCUT2D eigenvalue weighted by atomic mass is 28.4. The van der Waals surface area contributed by atoms with Crippen LogP contribution in [0.2, 0.25) is 17.1 Å². The van der Waals surface area contributed by atoms with Crippen LogP contribution in [-0.4, -0.2) is 85.4 Å².